The van der Waals surface area contributed by atoms with Crippen LogP contribution in [0.3, 0.4) is 0 Å². The van der Waals surface area contributed by atoms with Crippen LogP contribution in [0.1, 0.15) is 35.4 Å². The average molecular weight is 557 g/mol. The molecule has 4 rings (SSSR count). The Morgan fingerprint density at radius 1 is 1.27 bits per heavy atom. The number of nitrogens with zero attached hydrogens (tertiary/aromatic N) is 4. The van der Waals surface area contributed by atoms with E-state index in [9.17, 15) is 31.2 Å². The van der Waals surface area contributed by atoms with Crippen LogP contribution in [-0.2, 0) is 16.4 Å². The molecule has 1 atom stereocenters. The number of aromatic nitrogens is 4. The summed E-state index contributed by atoms with van der Waals surface area (Å²) < 4.78 is 63.8. The van der Waals surface area contributed by atoms with Gasteiger partial charge in [-0.2, -0.15) is 13.2 Å². The van der Waals surface area contributed by atoms with Gasteiger partial charge in [0.25, 0.3) is 11.5 Å². The second kappa shape index (κ2) is 9.67. The lowest BCUT2D eigenvalue weighted by molar-refractivity contribution is -0.0435. The lowest BCUT2D eigenvalue weighted by Crippen LogP contribution is -2.34. The molecule has 0 aliphatic carbocycles. The molecule has 0 aliphatic heterocycles. The number of benzene rings is 1. The Kier molecular flexibility index (Phi) is 6.90. The fraction of sp³-hybridized carbons (Fsp3) is 0.273. The predicted octanol–water partition coefficient (Wildman–Crippen LogP) is 3.10. The van der Waals surface area contributed by atoms with E-state index in [1.54, 1.807) is 37.4 Å². The van der Waals surface area contributed by atoms with Gasteiger partial charge in [-0.15, -0.1) is 5.10 Å². The maximum atomic E-state index is 13.3. The van der Waals surface area contributed by atoms with Crippen LogP contribution in [0.4, 0.5) is 19.0 Å². The molecule has 0 fully saturated rings. The predicted molar refractivity (Wildman–Crippen MR) is 131 cm³/mol. The minimum absolute atomic E-state index is 0.00134. The van der Waals surface area contributed by atoms with Gasteiger partial charge in [-0.1, -0.05) is 23.7 Å². The Labute approximate surface area is 212 Å². The van der Waals surface area contributed by atoms with Crippen LogP contribution in [0, 0.1) is 0 Å². The molecule has 4 aromatic rings. The number of hydrogen-bond donors (Lipinski definition) is 2. The van der Waals surface area contributed by atoms with E-state index in [1.165, 1.54) is 16.8 Å². The molecule has 10 nitrogen and oxygen atoms in total. The Hall–Kier alpha value is -3.65. The normalized spacial score (nSPS) is 13.2. The number of amides is 1. The summed E-state index contributed by atoms with van der Waals surface area (Å²) >= 11 is 6.20. The molecule has 0 unspecified atom stereocenters. The summed E-state index contributed by atoms with van der Waals surface area (Å²) in [6.45, 7) is 1.19. The van der Waals surface area contributed by atoms with Crippen molar-refractivity contribution in [2.24, 2.45) is 0 Å². The highest BCUT2D eigenvalue weighted by atomic mass is 35.5. The summed E-state index contributed by atoms with van der Waals surface area (Å²) in [6.07, 6.45) is 2.51. The number of anilines is 1. The number of nitrogens with one attached hydrogen (secondary N) is 1. The molecule has 0 aliphatic rings. The number of fused-ring (bicyclic) bond motifs is 2. The maximum absolute atomic E-state index is 13.3. The Morgan fingerprint density at radius 2 is 2.00 bits per heavy atom. The number of carbonyl (C=O) groups is 1. The molecule has 0 saturated heterocycles. The zero-order chi connectivity index (χ0) is 27.1. The molecule has 1 aromatic carbocycles. The first kappa shape index (κ1) is 26.4. The molecule has 3 N–H and O–H groups in total. The highest BCUT2D eigenvalue weighted by molar-refractivity contribution is 7.92. The summed E-state index contributed by atoms with van der Waals surface area (Å²) in [6, 6.07) is 7.01. The lowest BCUT2D eigenvalue weighted by Gasteiger charge is -2.21. The summed E-state index contributed by atoms with van der Waals surface area (Å²) in [7, 11) is -5.38. The number of hydrogen-bond acceptors (Lipinski definition) is 7. The molecular formula is C22H20ClF3N6O4S. The molecule has 196 valence electrons. The van der Waals surface area contributed by atoms with Crippen LogP contribution in [0.15, 0.2) is 47.5 Å². The quantitative estimate of drug-likeness (QED) is 0.356. The van der Waals surface area contributed by atoms with Crippen molar-refractivity contribution in [3.8, 4) is 0 Å². The number of nitrogen functional groups attached to an aromatic ring is 1. The fourth-order valence-corrected chi connectivity index (χ4v) is 4.96. The smallest absolute Gasteiger partial charge is 0.381 e. The van der Waals surface area contributed by atoms with Crippen LogP contribution >= 0.6 is 11.6 Å². The molecule has 3 heterocycles. The SMILES string of the molecule is C[C@H](NC(=O)c1c(N)nn2cccnc12)c1cc2cccc(Cl)c2c(=O)n1CCCS(=O)(=O)C(F)(F)F. The van der Waals surface area contributed by atoms with Crippen LogP contribution in [0.2, 0.25) is 5.02 Å². The van der Waals surface area contributed by atoms with E-state index in [2.05, 4.69) is 15.4 Å². The Balaban J connectivity index is 1.71. The third-order valence-electron chi connectivity index (χ3n) is 5.71. The topological polar surface area (TPSA) is 141 Å². The number of halogens is 4. The molecular weight excluding hydrogens is 537 g/mol. The first-order valence-corrected chi connectivity index (χ1v) is 12.9. The first-order valence-electron chi connectivity index (χ1n) is 10.8. The van der Waals surface area contributed by atoms with Crippen molar-refractivity contribution in [1.82, 2.24) is 24.5 Å². The van der Waals surface area contributed by atoms with Crippen molar-refractivity contribution in [3.05, 3.63) is 69.4 Å². The fourth-order valence-electron chi connectivity index (χ4n) is 3.96. The van der Waals surface area contributed by atoms with Crippen molar-refractivity contribution >= 4 is 49.6 Å². The number of carbonyl (C=O) groups excluding carboxylic acids is 1. The van der Waals surface area contributed by atoms with E-state index in [0.29, 0.717) is 5.39 Å². The minimum Gasteiger partial charge on any atom is -0.381 e. The largest absolute Gasteiger partial charge is 0.497 e. The van der Waals surface area contributed by atoms with E-state index in [-0.39, 0.29) is 39.7 Å². The van der Waals surface area contributed by atoms with E-state index >= 15 is 0 Å². The molecule has 0 saturated carbocycles. The number of nitrogens with two attached hydrogens (primary N) is 1. The maximum Gasteiger partial charge on any atom is 0.497 e. The highest BCUT2D eigenvalue weighted by Gasteiger charge is 2.44. The van der Waals surface area contributed by atoms with E-state index < -0.39 is 45.0 Å². The van der Waals surface area contributed by atoms with Crippen LogP contribution in [-0.4, -0.2) is 44.8 Å². The zero-order valence-electron chi connectivity index (χ0n) is 19.2. The van der Waals surface area contributed by atoms with Crippen molar-refractivity contribution < 1.29 is 26.4 Å². The van der Waals surface area contributed by atoms with E-state index in [4.69, 9.17) is 17.3 Å². The molecule has 0 radical (unpaired) electrons. The molecule has 37 heavy (non-hydrogen) atoms. The number of pyridine rings is 1. The molecule has 15 heteroatoms. The second-order valence-electron chi connectivity index (χ2n) is 8.19. The monoisotopic (exact) mass is 556 g/mol. The van der Waals surface area contributed by atoms with E-state index in [0.717, 1.165) is 4.57 Å². The summed E-state index contributed by atoms with van der Waals surface area (Å²) in [5, 5.41) is 7.40. The van der Waals surface area contributed by atoms with Crippen molar-refractivity contribution in [1.29, 1.82) is 0 Å². The average Bonchev–Trinajstić information content (AvgIpc) is 3.15. The highest BCUT2D eigenvalue weighted by Crippen LogP contribution is 2.26. The van der Waals surface area contributed by atoms with Gasteiger partial charge >= 0.3 is 5.51 Å². The Morgan fingerprint density at radius 3 is 2.70 bits per heavy atom. The Bertz CT molecular complexity index is 1680. The van der Waals surface area contributed by atoms with Gasteiger partial charge in [-0.05, 0) is 36.9 Å². The van der Waals surface area contributed by atoms with Crippen LogP contribution in [0.25, 0.3) is 16.4 Å². The summed E-state index contributed by atoms with van der Waals surface area (Å²) in [4.78, 5) is 30.5. The van der Waals surface area contributed by atoms with Crippen molar-refractivity contribution in [3.63, 3.8) is 0 Å². The van der Waals surface area contributed by atoms with Gasteiger partial charge in [0.05, 0.1) is 22.2 Å². The zero-order valence-corrected chi connectivity index (χ0v) is 20.7. The number of alkyl halides is 3. The molecule has 0 spiro atoms. The second-order valence-corrected chi connectivity index (χ2v) is 10.7. The standard InChI is InChI=1S/C22H20ClF3N6O4S/c1-12(29-20(33)17-18(27)30-32-9-3-7-28-19(17)32)15-11-13-5-2-6-14(23)16(13)21(34)31(15)8-4-10-37(35,36)22(24,25)26/h2-3,5-7,9,11-12H,4,8,10H2,1H3,(H2,27,30)(H,29,33)/t12-/m0/s1. The van der Waals surface area contributed by atoms with Gasteiger partial charge in [0.1, 0.15) is 5.56 Å². The molecule has 0 bridgehead atoms. The van der Waals surface area contributed by atoms with Gasteiger partial charge in [0.2, 0.25) is 9.84 Å². The van der Waals surface area contributed by atoms with E-state index in [1.807, 2.05) is 0 Å². The van der Waals surface area contributed by atoms with Crippen LogP contribution < -0.4 is 16.6 Å². The summed E-state index contributed by atoms with van der Waals surface area (Å²) in [5.41, 5.74) is 0.283. The van der Waals surface area contributed by atoms with Crippen LogP contribution in [0.5, 0.6) is 0 Å². The molecule has 3 aromatic heterocycles. The third-order valence-corrected chi connectivity index (χ3v) is 7.55. The van der Waals surface area contributed by atoms with Crippen molar-refractivity contribution in [2.75, 3.05) is 11.5 Å². The summed E-state index contributed by atoms with van der Waals surface area (Å²) in [5.74, 6) is -1.94. The molecule has 1 amide bonds. The van der Waals surface area contributed by atoms with Gasteiger partial charge < -0.3 is 15.6 Å². The lowest BCUT2D eigenvalue weighted by atomic mass is 10.1. The van der Waals surface area contributed by atoms with Crippen molar-refractivity contribution in [2.45, 2.75) is 31.4 Å². The van der Waals surface area contributed by atoms with Gasteiger partial charge in [0, 0.05) is 24.6 Å². The van der Waals surface area contributed by atoms with Gasteiger partial charge in [0.15, 0.2) is 11.5 Å². The first-order chi connectivity index (χ1) is 17.3. The third kappa shape index (κ3) is 4.98. The number of sulfone groups is 1. The minimum atomic E-state index is -5.41. The number of rotatable bonds is 7. The van der Waals surface area contributed by atoms with Gasteiger partial charge in [-0.25, -0.2) is 17.9 Å². The van der Waals surface area contributed by atoms with Gasteiger partial charge in [-0.3, -0.25) is 9.59 Å².